The van der Waals surface area contributed by atoms with Gasteiger partial charge in [-0.05, 0) is 35.9 Å². The lowest BCUT2D eigenvalue weighted by Gasteiger charge is -2.24. The zero-order chi connectivity index (χ0) is 18.1. The molecule has 26 heavy (non-hydrogen) atoms. The number of allylic oxidation sites excluding steroid dienone is 1. The molecular weight excluding hydrogens is 334 g/mol. The van der Waals surface area contributed by atoms with Gasteiger partial charge in [-0.2, -0.15) is 10.1 Å². The molecule has 0 fully saturated rings. The molecule has 130 valence electrons. The summed E-state index contributed by atoms with van der Waals surface area (Å²) in [4.78, 5) is 14.7. The van der Waals surface area contributed by atoms with Gasteiger partial charge in [0, 0.05) is 23.4 Å². The Hall–Kier alpha value is -3.68. The Morgan fingerprint density at radius 1 is 1.23 bits per heavy atom. The van der Waals surface area contributed by atoms with E-state index >= 15 is 0 Å². The van der Waals surface area contributed by atoms with E-state index in [9.17, 15) is 10.1 Å². The van der Waals surface area contributed by atoms with Crippen LogP contribution in [0.5, 0.6) is 5.75 Å². The van der Waals surface area contributed by atoms with E-state index in [1.54, 1.807) is 23.9 Å². The Bertz CT molecular complexity index is 994. The van der Waals surface area contributed by atoms with Crippen molar-refractivity contribution in [2.75, 3.05) is 12.4 Å². The number of benzene rings is 2. The second kappa shape index (κ2) is 6.32. The van der Waals surface area contributed by atoms with Crippen LogP contribution < -0.4 is 10.1 Å². The summed E-state index contributed by atoms with van der Waals surface area (Å²) in [7, 11) is 1.62. The van der Waals surface area contributed by atoms with Gasteiger partial charge in [-0.15, -0.1) is 0 Å². The lowest BCUT2D eigenvalue weighted by molar-refractivity contribution is -0.384. The van der Waals surface area contributed by atoms with Crippen LogP contribution in [0.2, 0.25) is 0 Å². The summed E-state index contributed by atoms with van der Waals surface area (Å²) in [5.41, 5.74) is 2.75. The van der Waals surface area contributed by atoms with Gasteiger partial charge in [0.2, 0.25) is 5.95 Å². The Balaban J connectivity index is 1.76. The molecule has 1 unspecified atom stereocenters. The number of aromatic nitrogens is 3. The van der Waals surface area contributed by atoms with Crippen LogP contribution in [0.15, 0.2) is 60.9 Å². The third kappa shape index (κ3) is 2.77. The first-order chi connectivity index (χ1) is 12.7. The molecule has 2 aromatic carbocycles. The van der Waals surface area contributed by atoms with Crippen molar-refractivity contribution in [3.8, 4) is 5.75 Å². The van der Waals surface area contributed by atoms with Gasteiger partial charge < -0.3 is 10.1 Å². The van der Waals surface area contributed by atoms with Gasteiger partial charge in [-0.3, -0.25) is 10.1 Å². The number of rotatable bonds is 4. The van der Waals surface area contributed by atoms with Crippen LogP contribution in [0.3, 0.4) is 0 Å². The third-order valence-electron chi connectivity index (χ3n) is 4.23. The highest BCUT2D eigenvalue weighted by Gasteiger charge is 2.24. The van der Waals surface area contributed by atoms with Crippen molar-refractivity contribution in [3.05, 3.63) is 82.2 Å². The van der Waals surface area contributed by atoms with Gasteiger partial charge >= 0.3 is 0 Å². The van der Waals surface area contributed by atoms with Gasteiger partial charge in [0.1, 0.15) is 18.1 Å². The van der Waals surface area contributed by atoms with Crippen LogP contribution in [0, 0.1) is 10.1 Å². The number of nitrogens with one attached hydrogen (secondary N) is 1. The Morgan fingerprint density at radius 2 is 2.04 bits per heavy atom. The average molecular weight is 349 g/mol. The first-order valence-corrected chi connectivity index (χ1v) is 7.93. The summed E-state index contributed by atoms with van der Waals surface area (Å²) in [6.45, 7) is 0. The molecule has 1 aromatic heterocycles. The molecule has 0 spiro atoms. The summed E-state index contributed by atoms with van der Waals surface area (Å²) in [5, 5.41) is 18.4. The minimum absolute atomic E-state index is 0.0542. The number of non-ortho nitro benzene ring substituents is 1. The maximum absolute atomic E-state index is 10.9. The number of anilines is 1. The predicted molar refractivity (Wildman–Crippen MR) is 95.9 cm³/mol. The molecule has 4 rings (SSSR count). The van der Waals surface area contributed by atoms with Crippen molar-refractivity contribution in [2.24, 2.45) is 0 Å². The van der Waals surface area contributed by atoms with Crippen LogP contribution in [-0.2, 0) is 0 Å². The van der Waals surface area contributed by atoms with Crippen LogP contribution in [0.4, 0.5) is 11.6 Å². The fraction of sp³-hybridized carbons (Fsp3) is 0.111. The van der Waals surface area contributed by atoms with Gasteiger partial charge in [-0.1, -0.05) is 12.1 Å². The monoisotopic (exact) mass is 349 g/mol. The normalized spacial score (nSPS) is 15.6. The fourth-order valence-corrected chi connectivity index (χ4v) is 2.92. The number of nitrogens with zero attached hydrogens (tertiary/aromatic N) is 4. The van der Waals surface area contributed by atoms with E-state index in [2.05, 4.69) is 15.4 Å². The number of hydrogen-bond donors (Lipinski definition) is 1. The molecule has 1 atom stereocenters. The maximum Gasteiger partial charge on any atom is 0.269 e. The highest BCUT2D eigenvalue weighted by atomic mass is 16.6. The Kier molecular flexibility index (Phi) is 3.85. The zero-order valence-electron chi connectivity index (χ0n) is 13.9. The summed E-state index contributed by atoms with van der Waals surface area (Å²) < 4.78 is 7.04. The third-order valence-corrected chi connectivity index (χ3v) is 4.23. The zero-order valence-corrected chi connectivity index (χ0v) is 13.9. The van der Waals surface area contributed by atoms with E-state index in [1.165, 1.54) is 18.5 Å². The largest absolute Gasteiger partial charge is 0.497 e. The van der Waals surface area contributed by atoms with Crippen molar-refractivity contribution in [2.45, 2.75) is 6.04 Å². The molecule has 0 saturated carbocycles. The smallest absolute Gasteiger partial charge is 0.269 e. The summed E-state index contributed by atoms with van der Waals surface area (Å²) in [5.74, 6) is 1.36. The summed E-state index contributed by atoms with van der Waals surface area (Å²) in [6.07, 6.45) is 3.49. The quantitative estimate of drug-likeness (QED) is 0.574. The highest BCUT2D eigenvalue weighted by Crippen LogP contribution is 2.33. The number of hydrogen-bond acceptors (Lipinski definition) is 6. The van der Waals surface area contributed by atoms with Crippen molar-refractivity contribution >= 4 is 17.3 Å². The molecule has 3 aromatic rings. The first-order valence-electron chi connectivity index (χ1n) is 7.93. The number of methoxy groups -OCH3 is 1. The van der Waals surface area contributed by atoms with Crippen LogP contribution in [0.25, 0.3) is 5.70 Å². The SMILES string of the molecule is COc1cccc(C2=CC(c3ccc([N+](=O)[O-])cc3)n3ncnc3N2)c1. The van der Waals surface area contributed by atoms with Gasteiger partial charge in [0.05, 0.1) is 12.0 Å². The van der Waals surface area contributed by atoms with E-state index in [0.717, 1.165) is 22.6 Å². The van der Waals surface area contributed by atoms with Crippen molar-refractivity contribution < 1.29 is 9.66 Å². The molecule has 1 aliphatic heterocycles. The van der Waals surface area contributed by atoms with Crippen molar-refractivity contribution in [1.29, 1.82) is 0 Å². The first kappa shape index (κ1) is 15.8. The predicted octanol–water partition coefficient (Wildman–Crippen LogP) is 3.25. The minimum Gasteiger partial charge on any atom is -0.497 e. The molecule has 0 radical (unpaired) electrons. The molecule has 0 bridgehead atoms. The van der Waals surface area contributed by atoms with E-state index in [0.29, 0.717) is 5.95 Å². The van der Waals surface area contributed by atoms with Crippen molar-refractivity contribution in [1.82, 2.24) is 14.8 Å². The minimum atomic E-state index is -0.412. The van der Waals surface area contributed by atoms with Gasteiger partial charge in [0.25, 0.3) is 5.69 Å². The van der Waals surface area contributed by atoms with E-state index in [4.69, 9.17) is 4.74 Å². The molecule has 0 aliphatic carbocycles. The second-order valence-electron chi connectivity index (χ2n) is 5.76. The number of fused-ring (bicyclic) bond motifs is 1. The molecule has 8 nitrogen and oxygen atoms in total. The van der Waals surface area contributed by atoms with E-state index in [1.807, 2.05) is 30.3 Å². The topological polar surface area (TPSA) is 95.1 Å². The lowest BCUT2D eigenvalue weighted by atomic mass is 10.0. The van der Waals surface area contributed by atoms with Gasteiger partial charge in [-0.25, -0.2) is 4.68 Å². The van der Waals surface area contributed by atoms with Gasteiger partial charge in [0.15, 0.2) is 0 Å². The van der Waals surface area contributed by atoms with Crippen LogP contribution >= 0.6 is 0 Å². The number of nitro groups is 1. The molecule has 0 saturated heterocycles. The van der Waals surface area contributed by atoms with Crippen molar-refractivity contribution in [3.63, 3.8) is 0 Å². The van der Waals surface area contributed by atoms with E-state index in [-0.39, 0.29) is 11.7 Å². The lowest BCUT2D eigenvalue weighted by Crippen LogP contribution is -2.20. The molecule has 2 heterocycles. The average Bonchev–Trinajstić information content (AvgIpc) is 3.16. The molecule has 8 heteroatoms. The highest BCUT2D eigenvalue weighted by molar-refractivity contribution is 5.77. The maximum atomic E-state index is 10.9. The van der Waals surface area contributed by atoms with Crippen LogP contribution in [0.1, 0.15) is 17.2 Å². The molecule has 1 aliphatic rings. The summed E-state index contributed by atoms with van der Waals surface area (Å²) >= 11 is 0. The van der Waals surface area contributed by atoms with E-state index < -0.39 is 4.92 Å². The number of ether oxygens (including phenoxy) is 1. The number of nitro benzene ring substituents is 1. The molecule has 0 amide bonds. The summed E-state index contributed by atoms with van der Waals surface area (Å²) in [6, 6.07) is 13.9. The molecule has 1 N–H and O–H groups in total. The second-order valence-corrected chi connectivity index (χ2v) is 5.76. The Morgan fingerprint density at radius 3 is 2.77 bits per heavy atom. The fourth-order valence-electron chi connectivity index (χ4n) is 2.92. The van der Waals surface area contributed by atoms with Crippen LogP contribution in [-0.4, -0.2) is 26.8 Å². The Labute approximate surface area is 148 Å². The molecular formula is C18H15N5O3. The standard InChI is InChI=1S/C18H15N5O3/c1-26-15-4-2-3-13(9-15)16-10-17(22-18(21-16)19-11-20-22)12-5-7-14(8-6-12)23(24)25/h2-11,17H,1H3,(H,19,20,21).